The van der Waals surface area contributed by atoms with Crippen LogP contribution in [0.2, 0.25) is 5.02 Å². The Bertz CT molecular complexity index is 1080. The van der Waals surface area contributed by atoms with Crippen LogP contribution in [0.5, 0.6) is 0 Å². The number of nitrogens with one attached hydrogen (secondary N) is 1. The van der Waals surface area contributed by atoms with Gasteiger partial charge >= 0.3 is 12.1 Å². The zero-order chi connectivity index (χ0) is 21.9. The molecule has 1 aromatic carbocycles. The van der Waals surface area contributed by atoms with Crippen LogP contribution in [0.4, 0.5) is 19.0 Å². The minimum absolute atomic E-state index is 0.239. The smallest absolute Gasteiger partial charge is 0.417 e. The summed E-state index contributed by atoms with van der Waals surface area (Å²) in [5.74, 6) is -1.80. The van der Waals surface area contributed by atoms with Crippen LogP contribution in [0, 0.1) is 6.92 Å². The summed E-state index contributed by atoms with van der Waals surface area (Å²) in [4.78, 5) is 27.7. The standard InChI is InChI=1S/C20H15ClF3N3O3/c1-12-4-5-13(8-16(12)27-6-2-3-7-27)19(29)30-11-17(28)26-18-15(21)9-14(10-25-18)20(22,23)24/h2-10H,11H2,1H3,(H,25,26,28). The molecule has 0 spiro atoms. The van der Waals surface area contributed by atoms with Crippen LogP contribution in [-0.2, 0) is 15.7 Å². The van der Waals surface area contributed by atoms with Crippen molar-refractivity contribution in [1.82, 2.24) is 9.55 Å². The second-order valence-corrected chi connectivity index (χ2v) is 6.68. The molecule has 30 heavy (non-hydrogen) atoms. The second kappa shape index (κ2) is 8.58. The number of carbonyl (C=O) groups excluding carboxylic acids is 2. The van der Waals surface area contributed by atoms with E-state index in [0.29, 0.717) is 12.3 Å². The van der Waals surface area contributed by atoms with E-state index in [1.165, 1.54) is 0 Å². The predicted molar refractivity (Wildman–Crippen MR) is 104 cm³/mol. The number of amides is 1. The average molecular weight is 438 g/mol. The minimum Gasteiger partial charge on any atom is -0.452 e. The molecule has 10 heteroatoms. The van der Waals surface area contributed by atoms with Gasteiger partial charge in [-0.05, 0) is 42.8 Å². The van der Waals surface area contributed by atoms with E-state index in [1.54, 1.807) is 18.2 Å². The van der Waals surface area contributed by atoms with Crippen molar-refractivity contribution in [3.05, 3.63) is 76.7 Å². The fourth-order valence-corrected chi connectivity index (χ4v) is 2.79. The van der Waals surface area contributed by atoms with Gasteiger partial charge in [0.25, 0.3) is 5.91 Å². The number of carbonyl (C=O) groups is 2. The molecule has 3 aromatic rings. The Hall–Kier alpha value is -3.33. The molecule has 0 bridgehead atoms. The van der Waals surface area contributed by atoms with Gasteiger partial charge in [0.1, 0.15) is 0 Å². The summed E-state index contributed by atoms with van der Waals surface area (Å²) in [6.07, 6.45) is -0.414. The van der Waals surface area contributed by atoms with Gasteiger partial charge in [0, 0.05) is 24.3 Å². The first kappa shape index (κ1) is 21.4. The van der Waals surface area contributed by atoms with E-state index >= 15 is 0 Å². The van der Waals surface area contributed by atoms with Crippen LogP contribution in [-0.4, -0.2) is 28.0 Å². The monoisotopic (exact) mass is 437 g/mol. The van der Waals surface area contributed by atoms with E-state index in [9.17, 15) is 22.8 Å². The van der Waals surface area contributed by atoms with Crippen molar-refractivity contribution in [2.75, 3.05) is 11.9 Å². The zero-order valence-corrected chi connectivity index (χ0v) is 16.3. The number of benzene rings is 1. The normalized spacial score (nSPS) is 11.2. The SMILES string of the molecule is Cc1ccc(C(=O)OCC(=O)Nc2ncc(C(F)(F)F)cc2Cl)cc1-n1cccc1. The van der Waals surface area contributed by atoms with Crippen LogP contribution in [0.15, 0.2) is 55.0 Å². The molecule has 1 N–H and O–H groups in total. The predicted octanol–water partition coefficient (Wildman–Crippen LogP) is 4.65. The van der Waals surface area contributed by atoms with Gasteiger partial charge in [0.05, 0.1) is 16.1 Å². The van der Waals surface area contributed by atoms with Gasteiger partial charge < -0.3 is 14.6 Å². The molecule has 0 saturated carbocycles. The van der Waals surface area contributed by atoms with E-state index in [1.807, 2.05) is 36.0 Å². The van der Waals surface area contributed by atoms with E-state index in [-0.39, 0.29) is 16.4 Å². The summed E-state index contributed by atoms with van der Waals surface area (Å²) in [5.41, 5.74) is 0.903. The van der Waals surface area contributed by atoms with Crippen molar-refractivity contribution in [3.63, 3.8) is 0 Å². The fourth-order valence-electron chi connectivity index (χ4n) is 2.58. The molecule has 2 aromatic heterocycles. The number of esters is 1. The Kier molecular flexibility index (Phi) is 6.12. The van der Waals surface area contributed by atoms with Crippen LogP contribution >= 0.6 is 11.6 Å². The number of pyridine rings is 1. The topological polar surface area (TPSA) is 73.2 Å². The third-order valence-electron chi connectivity index (χ3n) is 4.09. The largest absolute Gasteiger partial charge is 0.452 e. The Morgan fingerprint density at radius 1 is 1.20 bits per heavy atom. The third-order valence-corrected chi connectivity index (χ3v) is 4.38. The minimum atomic E-state index is -4.61. The van der Waals surface area contributed by atoms with Gasteiger partial charge in [-0.1, -0.05) is 17.7 Å². The summed E-state index contributed by atoms with van der Waals surface area (Å²) in [6, 6.07) is 9.27. The maximum absolute atomic E-state index is 12.6. The van der Waals surface area contributed by atoms with Crippen LogP contribution in [0.1, 0.15) is 21.5 Å². The Morgan fingerprint density at radius 2 is 1.90 bits per heavy atom. The number of hydrogen-bond acceptors (Lipinski definition) is 4. The average Bonchev–Trinajstić information content (AvgIpc) is 3.22. The highest BCUT2D eigenvalue weighted by Crippen LogP contribution is 2.32. The maximum Gasteiger partial charge on any atom is 0.417 e. The van der Waals surface area contributed by atoms with E-state index < -0.39 is 30.2 Å². The Balaban J connectivity index is 1.63. The van der Waals surface area contributed by atoms with Gasteiger partial charge in [-0.15, -0.1) is 0 Å². The fraction of sp³-hybridized carbons (Fsp3) is 0.150. The van der Waals surface area contributed by atoms with Gasteiger partial charge in [-0.25, -0.2) is 9.78 Å². The Morgan fingerprint density at radius 3 is 2.53 bits per heavy atom. The summed E-state index contributed by atoms with van der Waals surface area (Å²) in [5, 5.41) is 1.82. The molecule has 0 aliphatic carbocycles. The second-order valence-electron chi connectivity index (χ2n) is 6.27. The summed E-state index contributed by atoms with van der Waals surface area (Å²) in [6.45, 7) is 1.23. The van der Waals surface area contributed by atoms with Crippen LogP contribution in [0.25, 0.3) is 5.69 Å². The summed E-state index contributed by atoms with van der Waals surface area (Å²) in [7, 11) is 0. The number of rotatable bonds is 5. The van der Waals surface area contributed by atoms with Crippen molar-refractivity contribution < 1.29 is 27.5 Å². The lowest BCUT2D eigenvalue weighted by atomic mass is 10.1. The molecular weight excluding hydrogens is 423 g/mol. The lowest BCUT2D eigenvalue weighted by Gasteiger charge is -2.11. The first-order valence-corrected chi connectivity index (χ1v) is 8.96. The number of aromatic nitrogens is 2. The van der Waals surface area contributed by atoms with Gasteiger partial charge in [-0.2, -0.15) is 13.2 Å². The molecule has 156 valence electrons. The van der Waals surface area contributed by atoms with Gasteiger partial charge in [0.15, 0.2) is 12.4 Å². The molecule has 0 fully saturated rings. The maximum atomic E-state index is 12.6. The van der Waals surface area contributed by atoms with Gasteiger partial charge in [0.2, 0.25) is 0 Å². The Labute approximate surface area is 174 Å². The molecule has 2 heterocycles. The molecule has 0 unspecified atom stereocenters. The zero-order valence-electron chi connectivity index (χ0n) is 15.5. The summed E-state index contributed by atoms with van der Waals surface area (Å²) >= 11 is 5.73. The number of hydrogen-bond donors (Lipinski definition) is 1. The number of alkyl halides is 3. The van der Waals surface area contributed by atoms with Crippen LogP contribution in [0.3, 0.4) is 0 Å². The first-order chi connectivity index (χ1) is 14.1. The molecule has 0 atom stereocenters. The van der Waals surface area contributed by atoms with Crippen LogP contribution < -0.4 is 5.32 Å². The number of ether oxygens (including phenoxy) is 1. The van der Waals surface area contributed by atoms with Crippen molar-refractivity contribution in [2.45, 2.75) is 13.1 Å². The number of aryl methyl sites for hydroxylation is 1. The highest BCUT2D eigenvalue weighted by Gasteiger charge is 2.31. The van der Waals surface area contributed by atoms with E-state index in [0.717, 1.165) is 11.3 Å². The van der Waals surface area contributed by atoms with E-state index in [2.05, 4.69) is 10.3 Å². The molecule has 3 rings (SSSR count). The highest BCUT2D eigenvalue weighted by atomic mass is 35.5. The molecule has 6 nitrogen and oxygen atoms in total. The number of halogens is 4. The summed E-state index contributed by atoms with van der Waals surface area (Å²) < 4.78 is 44.7. The molecular formula is C20H15ClF3N3O3. The molecule has 1 amide bonds. The van der Waals surface area contributed by atoms with Gasteiger partial charge in [-0.3, -0.25) is 4.79 Å². The molecule has 0 aliphatic heterocycles. The lowest BCUT2D eigenvalue weighted by Crippen LogP contribution is -2.22. The number of nitrogens with zero attached hydrogens (tertiary/aromatic N) is 2. The third kappa shape index (κ3) is 4.98. The molecule has 0 aliphatic rings. The first-order valence-electron chi connectivity index (χ1n) is 8.59. The lowest BCUT2D eigenvalue weighted by molar-refractivity contribution is -0.137. The highest BCUT2D eigenvalue weighted by molar-refractivity contribution is 6.33. The van der Waals surface area contributed by atoms with E-state index in [4.69, 9.17) is 16.3 Å². The van der Waals surface area contributed by atoms with Crippen molar-refractivity contribution in [2.24, 2.45) is 0 Å². The van der Waals surface area contributed by atoms with Crippen molar-refractivity contribution in [3.8, 4) is 5.69 Å². The molecule has 0 saturated heterocycles. The van der Waals surface area contributed by atoms with Crippen molar-refractivity contribution in [1.29, 1.82) is 0 Å². The molecule has 0 radical (unpaired) electrons. The quantitative estimate of drug-likeness (QED) is 0.590. The van der Waals surface area contributed by atoms with Crippen molar-refractivity contribution >= 4 is 29.3 Å². The number of anilines is 1.